The van der Waals surface area contributed by atoms with Gasteiger partial charge in [-0.1, -0.05) is 29.3 Å². The van der Waals surface area contributed by atoms with Crippen LogP contribution in [-0.4, -0.2) is 26.4 Å². The molecular formula is C16H26O2. The third-order valence-electron chi connectivity index (χ3n) is 3.70. The lowest BCUT2D eigenvalue weighted by Gasteiger charge is -2.28. The lowest BCUT2D eigenvalue weighted by molar-refractivity contribution is -0.0166. The van der Waals surface area contributed by atoms with Gasteiger partial charge in [-0.05, 0) is 39.7 Å². The number of aryl methyl sites for hydroxylation is 2. The normalized spacial score (nSPS) is 16.3. The summed E-state index contributed by atoms with van der Waals surface area (Å²) in [4.78, 5) is 0. The van der Waals surface area contributed by atoms with Crippen LogP contribution in [0.3, 0.4) is 0 Å². The molecule has 0 amide bonds. The average Bonchev–Trinajstić information content (AvgIpc) is 2.33. The summed E-state index contributed by atoms with van der Waals surface area (Å²) in [6, 6.07) is 6.72. The highest BCUT2D eigenvalue weighted by atomic mass is 16.5. The minimum atomic E-state index is 0.195. The van der Waals surface area contributed by atoms with E-state index in [1.54, 1.807) is 14.2 Å². The quantitative estimate of drug-likeness (QED) is 0.769. The molecule has 1 aromatic carbocycles. The summed E-state index contributed by atoms with van der Waals surface area (Å²) in [7, 11) is 3.53. The van der Waals surface area contributed by atoms with Gasteiger partial charge >= 0.3 is 0 Å². The van der Waals surface area contributed by atoms with Crippen molar-refractivity contribution in [1.82, 2.24) is 0 Å². The molecule has 2 atom stereocenters. The molecule has 0 aromatic heterocycles. The average molecular weight is 250 g/mol. The van der Waals surface area contributed by atoms with Crippen LogP contribution in [0.4, 0.5) is 0 Å². The minimum Gasteiger partial charge on any atom is -0.381 e. The van der Waals surface area contributed by atoms with E-state index < -0.39 is 0 Å². The highest BCUT2D eigenvalue weighted by molar-refractivity contribution is 5.29. The van der Waals surface area contributed by atoms with E-state index >= 15 is 0 Å². The van der Waals surface area contributed by atoms with Crippen LogP contribution < -0.4 is 0 Å². The number of hydrogen-bond donors (Lipinski definition) is 0. The smallest absolute Gasteiger partial charge is 0.0599 e. The first-order valence-corrected chi connectivity index (χ1v) is 6.60. The molecule has 0 radical (unpaired) electrons. The minimum absolute atomic E-state index is 0.195. The highest BCUT2D eigenvalue weighted by Crippen LogP contribution is 2.21. The Morgan fingerprint density at radius 1 is 0.889 bits per heavy atom. The molecule has 0 fully saturated rings. The Balaban J connectivity index is 2.88. The van der Waals surface area contributed by atoms with E-state index in [4.69, 9.17) is 9.47 Å². The summed E-state index contributed by atoms with van der Waals surface area (Å²) in [5.41, 5.74) is 4.00. The fourth-order valence-corrected chi connectivity index (χ4v) is 2.52. The predicted octanol–water partition coefficient (Wildman–Crippen LogP) is 3.53. The second kappa shape index (κ2) is 6.91. The number of rotatable bonds is 6. The largest absolute Gasteiger partial charge is 0.381 e. The molecule has 1 aromatic rings. The topological polar surface area (TPSA) is 18.5 Å². The van der Waals surface area contributed by atoms with Crippen LogP contribution in [0.15, 0.2) is 18.2 Å². The molecule has 18 heavy (non-hydrogen) atoms. The second-order valence-electron chi connectivity index (χ2n) is 5.25. The van der Waals surface area contributed by atoms with Gasteiger partial charge in [-0.15, -0.1) is 0 Å². The molecule has 0 spiro atoms. The van der Waals surface area contributed by atoms with E-state index in [9.17, 15) is 0 Å². The predicted molar refractivity (Wildman–Crippen MR) is 76.1 cm³/mol. The number of methoxy groups -OCH3 is 2. The number of benzene rings is 1. The van der Waals surface area contributed by atoms with Crippen molar-refractivity contribution < 1.29 is 9.47 Å². The van der Waals surface area contributed by atoms with Gasteiger partial charge in [-0.2, -0.15) is 0 Å². The Hall–Kier alpha value is -0.860. The van der Waals surface area contributed by atoms with Gasteiger partial charge in [-0.3, -0.25) is 0 Å². The Morgan fingerprint density at radius 3 is 1.72 bits per heavy atom. The van der Waals surface area contributed by atoms with Gasteiger partial charge in [0.2, 0.25) is 0 Å². The second-order valence-corrected chi connectivity index (χ2v) is 5.25. The van der Waals surface area contributed by atoms with E-state index in [0.717, 1.165) is 6.42 Å². The van der Waals surface area contributed by atoms with Crippen LogP contribution in [0.2, 0.25) is 0 Å². The molecule has 2 nitrogen and oxygen atoms in total. The van der Waals surface area contributed by atoms with Crippen LogP contribution in [0, 0.1) is 19.8 Å². The summed E-state index contributed by atoms with van der Waals surface area (Å²) < 4.78 is 11.0. The van der Waals surface area contributed by atoms with Crippen molar-refractivity contribution in [2.45, 2.75) is 46.3 Å². The van der Waals surface area contributed by atoms with E-state index in [2.05, 4.69) is 45.9 Å². The third kappa shape index (κ3) is 4.11. The molecule has 0 aliphatic rings. The summed E-state index contributed by atoms with van der Waals surface area (Å²) in [6.07, 6.45) is 1.38. The number of ether oxygens (including phenoxy) is 2. The number of hydrogen-bond acceptors (Lipinski definition) is 2. The molecular weight excluding hydrogens is 224 g/mol. The molecule has 0 aliphatic carbocycles. The summed E-state index contributed by atoms with van der Waals surface area (Å²) in [5.74, 6) is 0.376. The van der Waals surface area contributed by atoms with E-state index in [-0.39, 0.29) is 12.2 Å². The van der Waals surface area contributed by atoms with Gasteiger partial charge in [-0.25, -0.2) is 0 Å². The van der Waals surface area contributed by atoms with Gasteiger partial charge in [0.05, 0.1) is 12.2 Å². The first-order chi connectivity index (χ1) is 8.47. The lowest BCUT2D eigenvalue weighted by atomic mass is 9.89. The van der Waals surface area contributed by atoms with Crippen LogP contribution in [0.25, 0.3) is 0 Å². The van der Waals surface area contributed by atoms with Crippen molar-refractivity contribution in [1.29, 1.82) is 0 Å². The maximum absolute atomic E-state index is 5.49. The fraction of sp³-hybridized carbons (Fsp3) is 0.625. The zero-order valence-corrected chi connectivity index (χ0v) is 12.5. The summed E-state index contributed by atoms with van der Waals surface area (Å²) >= 11 is 0. The van der Waals surface area contributed by atoms with Gasteiger partial charge in [0.25, 0.3) is 0 Å². The monoisotopic (exact) mass is 250 g/mol. The molecule has 2 unspecified atom stereocenters. The van der Waals surface area contributed by atoms with Gasteiger partial charge in [0.1, 0.15) is 0 Å². The molecule has 2 heteroatoms. The Kier molecular flexibility index (Phi) is 5.83. The molecule has 0 heterocycles. The van der Waals surface area contributed by atoms with Crippen molar-refractivity contribution in [2.75, 3.05) is 14.2 Å². The van der Waals surface area contributed by atoms with Crippen molar-refractivity contribution in [3.05, 3.63) is 34.9 Å². The Labute approximate surface area is 111 Å². The molecule has 0 N–H and O–H groups in total. The van der Waals surface area contributed by atoms with Crippen LogP contribution in [0.5, 0.6) is 0 Å². The highest BCUT2D eigenvalue weighted by Gasteiger charge is 2.24. The van der Waals surface area contributed by atoms with Crippen molar-refractivity contribution in [2.24, 2.45) is 5.92 Å². The summed E-state index contributed by atoms with van der Waals surface area (Å²) in [6.45, 7) is 8.52. The summed E-state index contributed by atoms with van der Waals surface area (Å²) in [5, 5.41) is 0. The first-order valence-electron chi connectivity index (χ1n) is 6.60. The van der Waals surface area contributed by atoms with E-state index in [1.165, 1.54) is 16.7 Å². The van der Waals surface area contributed by atoms with E-state index in [0.29, 0.717) is 5.92 Å². The van der Waals surface area contributed by atoms with Crippen molar-refractivity contribution in [3.8, 4) is 0 Å². The molecule has 1 rings (SSSR count). The lowest BCUT2D eigenvalue weighted by Crippen LogP contribution is -2.32. The zero-order valence-electron chi connectivity index (χ0n) is 12.5. The SMILES string of the molecule is COC(C)C(Cc1cc(C)cc(C)c1)C(C)OC. The van der Waals surface area contributed by atoms with Gasteiger partial charge < -0.3 is 9.47 Å². The maximum Gasteiger partial charge on any atom is 0.0599 e. The molecule has 0 saturated heterocycles. The van der Waals surface area contributed by atoms with Gasteiger partial charge in [0.15, 0.2) is 0 Å². The Bertz CT molecular complexity index is 343. The van der Waals surface area contributed by atoms with Crippen LogP contribution in [0.1, 0.15) is 30.5 Å². The third-order valence-corrected chi connectivity index (χ3v) is 3.70. The van der Waals surface area contributed by atoms with E-state index in [1.807, 2.05) is 0 Å². The molecule has 102 valence electrons. The Morgan fingerprint density at radius 2 is 1.33 bits per heavy atom. The van der Waals surface area contributed by atoms with Crippen LogP contribution in [-0.2, 0) is 15.9 Å². The van der Waals surface area contributed by atoms with Gasteiger partial charge in [0, 0.05) is 20.1 Å². The zero-order chi connectivity index (χ0) is 13.7. The van der Waals surface area contributed by atoms with Crippen molar-refractivity contribution in [3.63, 3.8) is 0 Å². The maximum atomic E-state index is 5.49. The standard InChI is InChI=1S/C16H26O2/c1-11-7-12(2)9-15(8-11)10-16(13(3)17-5)14(4)18-6/h7-9,13-14,16H,10H2,1-6H3. The van der Waals surface area contributed by atoms with Crippen molar-refractivity contribution >= 4 is 0 Å². The molecule has 0 bridgehead atoms. The fourth-order valence-electron chi connectivity index (χ4n) is 2.52. The van der Waals surface area contributed by atoms with Crippen LogP contribution >= 0.6 is 0 Å². The molecule has 0 saturated carbocycles. The molecule has 0 aliphatic heterocycles. The first kappa shape index (κ1) is 15.2.